The molecule has 15 heavy (non-hydrogen) atoms. The highest BCUT2D eigenvalue weighted by molar-refractivity contribution is 5.75. The SMILES string of the molecule is CNC(=O)CCCOc1cccc(C)c1. The van der Waals surface area contributed by atoms with Crippen molar-refractivity contribution in [2.75, 3.05) is 13.7 Å². The van der Waals surface area contributed by atoms with Crippen LogP contribution in [0.2, 0.25) is 0 Å². The van der Waals surface area contributed by atoms with E-state index in [1.807, 2.05) is 31.2 Å². The number of benzene rings is 1. The standard InChI is InChI=1S/C12H17NO2/c1-10-5-3-6-11(9-10)15-8-4-7-12(14)13-2/h3,5-6,9H,4,7-8H2,1-2H3,(H,13,14). The number of hydrogen-bond acceptors (Lipinski definition) is 2. The number of aryl methyl sites for hydroxylation is 1. The molecular weight excluding hydrogens is 190 g/mol. The maximum absolute atomic E-state index is 10.9. The summed E-state index contributed by atoms with van der Waals surface area (Å²) in [6.07, 6.45) is 1.26. The van der Waals surface area contributed by atoms with Crippen LogP contribution in [0.15, 0.2) is 24.3 Å². The average molecular weight is 207 g/mol. The van der Waals surface area contributed by atoms with Gasteiger partial charge in [0.25, 0.3) is 0 Å². The number of ether oxygens (including phenoxy) is 1. The van der Waals surface area contributed by atoms with Crippen molar-refractivity contribution in [1.82, 2.24) is 5.32 Å². The van der Waals surface area contributed by atoms with Crippen LogP contribution >= 0.6 is 0 Å². The normalized spacial score (nSPS) is 9.73. The Labute approximate surface area is 90.4 Å². The highest BCUT2D eigenvalue weighted by Gasteiger charge is 1.98. The maximum Gasteiger partial charge on any atom is 0.219 e. The number of carbonyl (C=O) groups excluding carboxylic acids is 1. The molecule has 1 N–H and O–H groups in total. The van der Waals surface area contributed by atoms with E-state index in [1.165, 1.54) is 5.56 Å². The lowest BCUT2D eigenvalue weighted by Gasteiger charge is -2.06. The first-order chi connectivity index (χ1) is 7.22. The Morgan fingerprint density at radius 2 is 2.27 bits per heavy atom. The molecule has 0 saturated heterocycles. The van der Waals surface area contributed by atoms with E-state index < -0.39 is 0 Å². The number of hydrogen-bond donors (Lipinski definition) is 1. The largest absolute Gasteiger partial charge is 0.494 e. The second-order valence-corrected chi connectivity index (χ2v) is 3.44. The summed E-state index contributed by atoms with van der Waals surface area (Å²) in [6.45, 7) is 2.61. The molecule has 0 bridgehead atoms. The van der Waals surface area contributed by atoms with Gasteiger partial charge in [0.1, 0.15) is 5.75 Å². The van der Waals surface area contributed by atoms with Gasteiger partial charge in [-0.15, -0.1) is 0 Å². The summed E-state index contributed by atoms with van der Waals surface area (Å²) >= 11 is 0. The zero-order valence-electron chi connectivity index (χ0n) is 9.25. The molecule has 82 valence electrons. The first-order valence-corrected chi connectivity index (χ1v) is 5.12. The number of nitrogens with one attached hydrogen (secondary N) is 1. The Morgan fingerprint density at radius 1 is 1.47 bits per heavy atom. The third-order valence-electron chi connectivity index (χ3n) is 2.09. The van der Waals surface area contributed by atoms with Gasteiger partial charge in [-0.3, -0.25) is 4.79 Å². The minimum atomic E-state index is 0.0582. The van der Waals surface area contributed by atoms with Gasteiger partial charge in [0.15, 0.2) is 0 Å². The lowest BCUT2D eigenvalue weighted by Crippen LogP contribution is -2.18. The maximum atomic E-state index is 10.9. The van der Waals surface area contributed by atoms with E-state index in [9.17, 15) is 4.79 Å². The zero-order valence-corrected chi connectivity index (χ0v) is 9.25. The molecule has 0 aliphatic heterocycles. The molecule has 0 radical (unpaired) electrons. The van der Waals surface area contributed by atoms with Gasteiger partial charge in [0.2, 0.25) is 5.91 Å². The van der Waals surface area contributed by atoms with E-state index in [-0.39, 0.29) is 5.91 Å². The third kappa shape index (κ3) is 4.49. The summed E-state index contributed by atoms with van der Waals surface area (Å²) in [5.74, 6) is 0.926. The van der Waals surface area contributed by atoms with E-state index in [4.69, 9.17) is 4.74 Å². The van der Waals surface area contributed by atoms with E-state index in [0.29, 0.717) is 13.0 Å². The fourth-order valence-corrected chi connectivity index (χ4v) is 1.25. The van der Waals surface area contributed by atoms with Crippen LogP contribution in [0.3, 0.4) is 0 Å². The summed E-state index contributed by atoms with van der Waals surface area (Å²) in [5, 5.41) is 2.58. The minimum Gasteiger partial charge on any atom is -0.494 e. The van der Waals surface area contributed by atoms with Gasteiger partial charge in [-0.1, -0.05) is 12.1 Å². The van der Waals surface area contributed by atoms with Crippen LogP contribution in [0.25, 0.3) is 0 Å². The Bertz CT molecular complexity index is 323. The van der Waals surface area contributed by atoms with Crippen molar-refractivity contribution < 1.29 is 9.53 Å². The molecule has 0 aromatic heterocycles. The quantitative estimate of drug-likeness (QED) is 0.749. The van der Waals surface area contributed by atoms with Crippen molar-refractivity contribution in [2.24, 2.45) is 0 Å². The summed E-state index contributed by atoms with van der Waals surface area (Å²) in [4.78, 5) is 10.9. The molecule has 0 spiro atoms. The van der Waals surface area contributed by atoms with Crippen molar-refractivity contribution in [3.8, 4) is 5.75 Å². The molecule has 0 atom stereocenters. The van der Waals surface area contributed by atoms with E-state index in [2.05, 4.69) is 5.32 Å². The van der Waals surface area contributed by atoms with E-state index in [1.54, 1.807) is 7.05 Å². The second kappa shape index (κ2) is 6.06. The Morgan fingerprint density at radius 3 is 2.93 bits per heavy atom. The number of rotatable bonds is 5. The summed E-state index contributed by atoms with van der Waals surface area (Å²) in [7, 11) is 1.64. The molecule has 1 aromatic rings. The lowest BCUT2D eigenvalue weighted by atomic mass is 10.2. The molecule has 0 fully saturated rings. The average Bonchev–Trinajstić information content (AvgIpc) is 2.24. The van der Waals surface area contributed by atoms with Gasteiger partial charge < -0.3 is 10.1 Å². The van der Waals surface area contributed by atoms with Crippen LogP contribution < -0.4 is 10.1 Å². The second-order valence-electron chi connectivity index (χ2n) is 3.44. The van der Waals surface area contributed by atoms with Gasteiger partial charge in [0.05, 0.1) is 6.61 Å². The topological polar surface area (TPSA) is 38.3 Å². The molecular formula is C12H17NO2. The van der Waals surface area contributed by atoms with Crippen molar-refractivity contribution >= 4 is 5.91 Å². The number of carbonyl (C=O) groups is 1. The lowest BCUT2D eigenvalue weighted by molar-refractivity contribution is -0.120. The van der Waals surface area contributed by atoms with Crippen LogP contribution in [0, 0.1) is 6.92 Å². The third-order valence-corrected chi connectivity index (χ3v) is 2.09. The molecule has 1 amide bonds. The fourth-order valence-electron chi connectivity index (χ4n) is 1.25. The first-order valence-electron chi connectivity index (χ1n) is 5.12. The summed E-state index contributed by atoms with van der Waals surface area (Å²) < 4.78 is 5.50. The predicted octanol–water partition coefficient (Wildman–Crippen LogP) is 1.90. The predicted molar refractivity (Wildman–Crippen MR) is 60.0 cm³/mol. The van der Waals surface area contributed by atoms with E-state index in [0.717, 1.165) is 12.2 Å². The van der Waals surface area contributed by atoms with Crippen LogP contribution in [0.5, 0.6) is 5.75 Å². The van der Waals surface area contributed by atoms with Crippen LogP contribution in [0.4, 0.5) is 0 Å². The molecule has 0 heterocycles. The van der Waals surface area contributed by atoms with Gasteiger partial charge in [-0.2, -0.15) is 0 Å². The number of amides is 1. The zero-order chi connectivity index (χ0) is 11.1. The molecule has 0 aliphatic rings. The highest BCUT2D eigenvalue weighted by Crippen LogP contribution is 2.12. The van der Waals surface area contributed by atoms with Crippen molar-refractivity contribution in [2.45, 2.75) is 19.8 Å². The molecule has 1 rings (SSSR count). The van der Waals surface area contributed by atoms with Crippen molar-refractivity contribution in [3.05, 3.63) is 29.8 Å². The highest BCUT2D eigenvalue weighted by atomic mass is 16.5. The first kappa shape index (κ1) is 11.6. The monoisotopic (exact) mass is 207 g/mol. The van der Waals surface area contributed by atoms with Crippen LogP contribution in [-0.4, -0.2) is 19.6 Å². The Hall–Kier alpha value is -1.51. The van der Waals surface area contributed by atoms with Crippen molar-refractivity contribution in [1.29, 1.82) is 0 Å². The summed E-state index contributed by atoms with van der Waals surface area (Å²) in [6, 6.07) is 7.90. The molecule has 0 saturated carbocycles. The fraction of sp³-hybridized carbons (Fsp3) is 0.417. The molecule has 0 aliphatic carbocycles. The van der Waals surface area contributed by atoms with E-state index >= 15 is 0 Å². The van der Waals surface area contributed by atoms with Gasteiger partial charge in [0, 0.05) is 13.5 Å². The molecule has 0 unspecified atom stereocenters. The van der Waals surface area contributed by atoms with Gasteiger partial charge >= 0.3 is 0 Å². The van der Waals surface area contributed by atoms with Crippen LogP contribution in [0.1, 0.15) is 18.4 Å². The van der Waals surface area contributed by atoms with Gasteiger partial charge in [-0.25, -0.2) is 0 Å². The molecule has 3 heteroatoms. The summed E-state index contributed by atoms with van der Waals surface area (Å²) in [5.41, 5.74) is 1.18. The minimum absolute atomic E-state index is 0.0582. The van der Waals surface area contributed by atoms with Gasteiger partial charge in [-0.05, 0) is 31.0 Å². The van der Waals surface area contributed by atoms with Crippen LogP contribution in [-0.2, 0) is 4.79 Å². The van der Waals surface area contributed by atoms with Crippen molar-refractivity contribution in [3.63, 3.8) is 0 Å². The Balaban J connectivity index is 2.23. The molecule has 1 aromatic carbocycles. The smallest absolute Gasteiger partial charge is 0.219 e. The molecule has 3 nitrogen and oxygen atoms in total. The Kier molecular flexibility index (Phi) is 4.68.